The molecule has 5 heteroatoms. The van der Waals surface area contributed by atoms with E-state index >= 15 is 0 Å². The fraction of sp³-hybridized carbons (Fsp3) is 0.286. The largest absolute Gasteiger partial charge is 0.357 e. The van der Waals surface area contributed by atoms with E-state index in [1.807, 2.05) is 12.1 Å². The first-order valence-electron chi connectivity index (χ1n) is 6.08. The highest BCUT2D eigenvalue weighted by molar-refractivity contribution is 7.99. The average Bonchev–Trinajstić information content (AvgIpc) is 2.42. The van der Waals surface area contributed by atoms with Crippen LogP contribution in [0.25, 0.3) is 0 Å². The molecule has 100 valence electrons. The summed E-state index contributed by atoms with van der Waals surface area (Å²) in [6, 6.07) is 8.09. The number of hydrogen-bond donors (Lipinski definition) is 1. The van der Waals surface area contributed by atoms with Gasteiger partial charge >= 0.3 is 0 Å². The summed E-state index contributed by atoms with van der Waals surface area (Å²) in [5.41, 5.74) is 1.27. The highest BCUT2D eigenvalue weighted by Crippen LogP contribution is 2.29. The van der Waals surface area contributed by atoms with Crippen LogP contribution in [0.5, 0.6) is 0 Å². The van der Waals surface area contributed by atoms with Crippen molar-refractivity contribution >= 4 is 17.7 Å². The number of anilines is 1. The van der Waals surface area contributed by atoms with Crippen LogP contribution in [0, 0.1) is 5.82 Å². The predicted octanol–water partition coefficient (Wildman–Crippen LogP) is 3.93. The van der Waals surface area contributed by atoms with Crippen molar-refractivity contribution in [3.8, 4) is 0 Å². The maximum Gasteiger partial charge on any atom is 0.223 e. The lowest BCUT2D eigenvalue weighted by molar-refractivity contribution is 0.580. The first-order valence-corrected chi connectivity index (χ1v) is 6.90. The van der Waals surface area contributed by atoms with E-state index < -0.39 is 5.82 Å². The van der Waals surface area contributed by atoms with Gasteiger partial charge in [-0.25, -0.2) is 14.4 Å². The normalized spacial score (nSPS) is 10.8. The molecular weight excluding hydrogens is 261 g/mol. The summed E-state index contributed by atoms with van der Waals surface area (Å²) in [5.74, 6) is 0.505. The molecule has 0 unspecified atom stereocenters. The number of nitrogens with one attached hydrogen (secondary N) is 1. The molecule has 3 nitrogen and oxygen atoms in total. The molecule has 1 aromatic heterocycles. The van der Waals surface area contributed by atoms with Crippen molar-refractivity contribution in [2.45, 2.75) is 29.7 Å². The topological polar surface area (TPSA) is 37.8 Å². The Bertz CT molecular complexity index is 555. The van der Waals surface area contributed by atoms with Crippen molar-refractivity contribution in [3.05, 3.63) is 41.8 Å². The van der Waals surface area contributed by atoms with Gasteiger partial charge in [-0.05, 0) is 23.6 Å². The van der Waals surface area contributed by atoms with Crippen LogP contribution in [0.2, 0.25) is 0 Å². The summed E-state index contributed by atoms with van der Waals surface area (Å²) in [6.45, 7) is 4.29. The van der Waals surface area contributed by atoms with Gasteiger partial charge in [-0.1, -0.05) is 37.7 Å². The second-order valence-electron chi connectivity index (χ2n) is 4.42. The Labute approximate surface area is 116 Å². The molecule has 0 atom stereocenters. The molecule has 0 fully saturated rings. The molecule has 1 aromatic carbocycles. The third-order valence-electron chi connectivity index (χ3n) is 2.70. The Morgan fingerprint density at radius 2 is 1.89 bits per heavy atom. The highest BCUT2D eigenvalue weighted by Gasteiger charge is 2.08. The van der Waals surface area contributed by atoms with Crippen molar-refractivity contribution < 1.29 is 4.39 Å². The van der Waals surface area contributed by atoms with Gasteiger partial charge in [-0.2, -0.15) is 0 Å². The first kappa shape index (κ1) is 13.8. The number of aromatic nitrogens is 2. The summed E-state index contributed by atoms with van der Waals surface area (Å²) < 4.78 is 13.6. The van der Waals surface area contributed by atoms with Gasteiger partial charge in [-0.15, -0.1) is 0 Å². The lowest BCUT2D eigenvalue weighted by atomic mass is 10.0. The fourth-order valence-electron chi connectivity index (χ4n) is 1.58. The van der Waals surface area contributed by atoms with Gasteiger partial charge in [-0.3, -0.25) is 0 Å². The maximum absolute atomic E-state index is 13.6. The number of rotatable bonds is 4. The summed E-state index contributed by atoms with van der Waals surface area (Å²) in [6.07, 6.45) is 1.18. The first-order chi connectivity index (χ1) is 9.10. The number of halogens is 1. The van der Waals surface area contributed by atoms with Gasteiger partial charge in [0.05, 0.1) is 6.20 Å². The smallest absolute Gasteiger partial charge is 0.223 e. The minimum absolute atomic E-state index is 0.330. The zero-order chi connectivity index (χ0) is 13.8. The zero-order valence-electron chi connectivity index (χ0n) is 11.1. The van der Waals surface area contributed by atoms with E-state index in [1.54, 1.807) is 7.05 Å². The molecule has 1 heterocycles. The van der Waals surface area contributed by atoms with Crippen LogP contribution in [0.4, 0.5) is 10.3 Å². The maximum atomic E-state index is 13.6. The molecule has 0 bridgehead atoms. The molecule has 0 amide bonds. The third kappa shape index (κ3) is 3.44. The minimum atomic E-state index is -0.406. The van der Waals surface area contributed by atoms with E-state index in [0.29, 0.717) is 16.9 Å². The minimum Gasteiger partial charge on any atom is -0.357 e. The van der Waals surface area contributed by atoms with Gasteiger partial charge in [0, 0.05) is 11.9 Å². The summed E-state index contributed by atoms with van der Waals surface area (Å²) in [5, 5.41) is 3.13. The molecule has 19 heavy (non-hydrogen) atoms. The number of benzene rings is 1. The second kappa shape index (κ2) is 6.02. The molecule has 2 aromatic rings. The molecule has 1 N–H and O–H groups in total. The standard InChI is InChI=1S/C14H16FN3S/c1-9(2)10-4-6-11(7-5-10)19-13-12(15)8-17-14(16-3)18-13/h4-9H,1-3H3,(H,16,17,18). The Morgan fingerprint density at radius 1 is 1.21 bits per heavy atom. The quantitative estimate of drug-likeness (QED) is 0.859. The van der Waals surface area contributed by atoms with Crippen molar-refractivity contribution in [1.82, 2.24) is 9.97 Å². The van der Waals surface area contributed by atoms with E-state index in [4.69, 9.17) is 0 Å². The lowest BCUT2D eigenvalue weighted by Crippen LogP contribution is -1.98. The third-order valence-corrected chi connectivity index (χ3v) is 3.68. The Morgan fingerprint density at radius 3 is 2.47 bits per heavy atom. The van der Waals surface area contributed by atoms with Crippen LogP contribution in [-0.2, 0) is 0 Å². The van der Waals surface area contributed by atoms with Crippen LogP contribution in [0.1, 0.15) is 25.3 Å². The van der Waals surface area contributed by atoms with Crippen LogP contribution in [0.3, 0.4) is 0 Å². The molecule has 0 saturated heterocycles. The molecule has 0 spiro atoms. The number of hydrogen-bond acceptors (Lipinski definition) is 4. The Hall–Kier alpha value is -1.62. The van der Waals surface area contributed by atoms with Crippen LogP contribution in [-0.4, -0.2) is 17.0 Å². The van der Waals surface area contributed by atoms with Gasteiger partial charge in [0.25, 0.3) is 0 Å². The van der Waals surface area contributed by atoms with Gasteiger partial charge in [0.15, 0.2) is 5.82 Å². The molecule has 0 aliphatic carbocycles. The van der Waals surface area contributed by atoms with Crippen molar-refractivity contribution in [2.75, 3.05) is 12.4 Å². The molecular formula is C14H16FN3S. The van der Waals surface area contributed by atoms with Crippen LogP contribution >= 0.6 is 11.8 Å². The summed E-state index contributed by atoms with van der Waals surface area (Å²) in [4.78, 5) is 8.90. The Balaban J connectivity index is 2.20. The summed E-state index contributed by atoms with van der Waals surface area (Å²) in [7, 11) is 1.71. The van der Waals surface area contributed by atoms with E-state index in [9.17, 15) is 4.39 Å². The fourth-order valence-corrected chi connectivity index (χ4v) is 2.35. The second-order valence-corrected chi connectivity index (χ2v) is 5.48. The number of nitrogens with zero attached hydrogens (tertiary/aromatic N) is 2. The van der Waals surface area contributed by atoms with Crippen LogP contribution in [0.15, 0.2) is 40.4 Å². The molecule has 0 aliphatic heterocycles. The van der Waals surface area contributed by atoms with E-state index in [1.165, 1.54) is 23.5 Å². The summed E-state index contributed by atoms with van der Waals surface area (Å²) >= 11 is 1.30. The lowest BCUT2D eigenvalue weighted by Gasteiger charge is -2.07. The van der Waals surface area contributed by atoms with Gasteiger partial charge in [0.2, 0.25) is 5.95 Å². The average molecular weight is 277 g/mol. The van der Waals surface area contributed by atoms with Gasteiger partial charge in [0.1, 0.15) is 5.03 Å². The van der Waals surface area contributed by atoms with E-state index in [0.717, 1.165) is 4.90 Å². The Kier molecular flexibility index (Phi) is 4.37. The predicted molar refractivity (Wildman–Crippen MR) is 76.2 cm³/mol. The monoisotopic (exact) mass is 277 g/mol. The SMILES string of the molecule is CNc1ncc(F)c(Sc2ccc(C(C)C)cc2)n1. The van der Waals surface area contributed by atoms with Crippen molar-refractivity contribution in [1.29, 1.82) is 0 Å². The highest BCUT2D eigenvalue weighted by atomic mass is 32.2. The van der Waals surface area contributed by atoms with E-state index in [-0.39, 0.29) is 0 Å². The molecule has 0 saturated carbocycles. The molecule has 2 rings (SSSR count). The molecule has 0 aliphatic rings. The van der Waals surface area contributed by atoms with Crippen molar-refractivity contribution in [2.24, 2.45) is 0 Å². The van der Waals surface area contributed by atoms with Gasteiger partial charge < -0.3 is 5.32 Å². The van der Waals surface area contributed by atoms with E-state index in [2.05, 4.69) is 41.3 Å². The zero-order valence-corrected chi connectivity index (χ0v) is 12.0. The van der Waals surface area contributed by atoms with Crippen LogP contribution < -0.4 is 5.32 Å². The molecule has 0 radical (unpaired) electrons. The van der Waals surface area contributed by atoms with Crippen molar-refractivity contribution in [3.63, 3.8) is 0 Å².